The first kappa shape index (κ1) is 12.3. The molecule has 1 aromatic rings. The number of carbonyl (C=O) groups is 1. The molecule has 3 nitrogen and oxygen atoms in total. The minimum Gasteiger partial charge on any atom is -0.507 e. The van der Waals surface area contributed by atoms with Crippen LogP contribution >= 0.6 is 0 Å². The van der Waals surface area contributed by atoms with Crippen molar-refractivity contribution in [3.8, 4) is 5.75 Å². The number of para-hydroxylation sites is 1. The fourth-order valence-corrected chi connectivity index (χ4v) is 1.36. The molecule has 0 atom stereocenters. The van der Waals surface area contributed by atoms with Crippen LogP contribution in [0.5, 0.6) is 5.75 Å². The molecule has 0 aliphatic carbocycles. The lowest BCUT2D eigenvalue weighted by Gasteiger charge is -2.19. The van der Waals surface area contributed by atoms with E-state index in [-0.39, 0.29) is 11.3 Å². The number of rotatable bonds is 2. The summed E-state index contributed by atoms with van der Waals surface area (Å²) in [6.45, 7) is 5.48. The summed E-state index contributed by atoms with van der Waals surface area (Å²) in [5, 5.41) is 18.7. The zero-order chi connectivity index (χ0) is 12.3. The highest BCUT2D eigenvalue weighted by Crippen LogP contribution is 2.29. The Morgan fingerprint density at radius 1 is 1.25 bits per heavy atom. The maximum absolute atomic E-state index is 11.1. The number of benzene rings is 1. The summed E-state index contributed by atoms with van der Waals surface area (Å²) in [5.41, 5.74) is 0.331. The Balaban J connectivity index is 3.24. The number of carboxylic acid groups (broad SMARTS) is 1. The topological polar surface area (TPSA) is 57.5 Å². The van der Waals surface area contributed by atoms with Gasteiger partial charge in [-0.25, -0.2) is 4.79 Å². The second kappa shape index (κ2) is 4.39. The van der Waals surface area contributed by atoms with E-state index in [1.165, 1.54) is 12.1 Å². The molecule has 86 valence electrons. The Hall–Kier alpha value is -1.77. The summed E-state index contributed by atoms with van der Waals surface area (Å²) in [7, 11) is 0. The minimum atomic E-state index is -0.962. The lowest BCUT2D eigenvalue weighted by atomic mass is 9.85. The molecule has 0 aromatic heterocycles. The maximum Gasteiger partial charge on any atom is 0.332 e. The van der Waals surface area contributed by atoms with E-state index in [1.54, 1.807) is 18.2 Å². The molecule has 1 rings (SSSR count). The third-order valence-electron chi connectivity index (χ3n) is 2.28. The van der Waals surface area contributed by atoms with Crippen LogP contribution < -0.4 is 0 Å². The maximum atomic E-state index is 11.1. The van der Waals surface area contributed by atoms with Gasteiger partial charge < -0.3 is 10.2 Å². The molecular weight excluding hydrogens is 204 g/mol. The van der Waals surface area contributed by atoms with Crippen molar-refractivity contribution in [3.05, 3.63) is 35.4 Å². The monoisotopic (exact) mass is 220 g/mol. The summed E-state index contributed by atoms with van der Waals surface area (Å²) in [6.07, 6.45) is 1.51. The van der Waals surface area contributed by atoms with Crippen molar-refractivity contribution in [2.75, 3.05) is 0 Å². The summed E-state index contributed by atoms with van der Waals surface area (Å²) in [5.74, 6) is -0.874. The van der Waals surface area contributed by atoms with Gasteiger partial charge in [-0.2, -0.15) is 0 Å². The molecule has 2 N–H and O–H groups in total. The van der Waals surface area contributed by atoms with E-state index in [0.717, 1.165) is 0 Å². The summed E-state index contributed by atoms with van der Waals surface area (Å²) >= 11 is 0. The lowest BCUT2D eigenvalue weighted by Crippen LogP contribution is -2.17. The first-order chi connectivity index (χ1) is 7.32. The molecule has 0 bridgehead atoms. The second-order valence-corrected chi connectivity index (χ2v) is 4.67. The van der Waals surface area contributed by atoms with Crippen LogP contribution in [0.25, 0.3) is 6.08 Å². The van der Waals surface area contributed by atoms with E-state index >= 15 is 0 Å². The third kappa shape index (κ3) is 2.86. The van der Waals surface area contributed by atoms with Gasteiger partial charge in [-0.3, -0.25) is 0 Å². The summed E-state index contributed by atoms with van der Waals surface area (Å²) in [4.78, 5) is 11.1. The summed E-state index contributed by atoms with van der Waals surface area (Å²) in [6, 6.07) is 6.68. The predicted molar refractivity (Wildman–Crippen MR) is 63.2 cm³/mol. The number of carboxylic acids is 1. The number of phenols is 1. The van der Waals surface area contributed by atoms with E-state index in [0.29, 0.717) is 5.56 Å². The van der Waals surface area contributed by atoms with Gasteiger partial charge in [0.1, 0.15) is 5.75 Å². The average Bonchev–Trinajstić information content (AvgIpc) is 2.14. The SMILES string of the molecule is CC(C)(C)/C(=C/c1ccccc1O)C(=O)O. The quantitative estimate of drug-likeness (QED) is 0.753. The molecule has 1 aromatic carbocycles. The predicted octanol–water partition coefficient (Wildman–Crippen LogP) is 2.91. The van der Waals surface area contributed by atoms with Crippen LogP contribution in [0.4, 0.5) is 0 Å². The number of aromatic hydroxyl groups is 1. The van der Waals surface area contributed by atoms with E-state index in [4.69, 9.17) is 5.11 Å². The number of aliphatic carboxylic acids is 1. The molecule has 0 saturated carbocycles. The van der Waals surface area contributed by atoms with Crippen molar-refractivity contribution >= 4 is 12.0 Å². The summed E-state index contributed by atoms with van der Waals surface area (Å²) < 4.78 is 0. The van der Waals surface area contributed by atoms with Gasteiger partial charge in [-0.15, -0.1) is 0 Å². The first-order valence-electron chi connectivity index (χ1n) is 5.06. The van der Waals surface area contributed by atoms with Crippen LogP contribution in [0, 0.1) is 5.41 Å². The van der Waals surface area contributed by atoms with Crippen molar-refractivity contribution in [3.63, 3.8) is 0 Å². The van der Waals surface area contributed by atoms with Gasteiger partial charge in [0.15, 0.2) is 0 Å². The minimum absolute atomic E-state index is 0.0884. The number of hydrogen-bond acceptors (Lipinski definition) is 2. The fraction of sp³-hybridized carbons (Fsp3) is 0.308. The first-order valence-corrected chi connectivity index (χ1v) is 5.06. The molecule has 0 amide bonds. The van der Waals surface area contributed by atoms with Gasteiger partial charge in [0.25, 0.3) is 0 Å². The van der Waals surface area contributed by atoms with Crippen LogP contribution in [-0.2, 0) is 4.79 Å². The molecule has 0 saturated heterocycles. The molecular formula is C13H16O3. The molecule has 0 aliphatic heterocycles. The molecule has 0 aliphatic rings. The molecule has 0 spiro atoms. The Labute approximate surface area is 95.0 Å². The smallest absolute Gasteiger partial charge is 0.332 e. The van der Waals surface area contributed by atoms with Crippen molar-refractivity contribution in [1.29, 1.82) is 0 Å². The van der Waals surface area contributed by atoms with Gasteiger partial charge in [0.05, 0.1) is 0 Å². The Kier molecular flexibility index (Phi) is 3.38. The van der Waals surface area contributed by atoms with Crippen LogP contribution in [0.3, 0.4) is 0 Å². The molecule has 0 unspecified atom stereocenters. The van der Waals surface area contributed by atoms with Crippen LogP contribution in [0.15, 0.2) is 29.8 Å². The number of phenolic OH excluding ortho intramolecular Hbond substituents is 1. The van der Waals surface area contributed by atoms with Crippen LogP contribution in [-0.4, -0.2) is 16.2 Å². The molecule has 16 heavy (non-hydrogen) atoms. The van der Waals surface area contributed by atoms with Crippen molar-refractivity contribution < 1.29 is 15.0 Å². The zero-order valence-corrected chi connectivity index (χ0v) is 9.69. The van der Waals surface area contributed by atoms with E-state index < -0.39 is 11.4 Å². The highest BCUT2D eigenvalue weighted by atomic mass is 16.4. The Morgan fingerprint density at radius 2 is 1.81 bits per heavy atom. The van der Waals surface area contributed by atoms with Gasteiger partial charge in [0, 0.05) is 11.1 Å². The van der Waals surface area contributed by atoms with Crippen molar-refractivity contribution in [2.45, 2.75) is 20.8 Å². The van der Waals surface area contributed by atoms with Crippen LogP contribution in [0.2, 0.25) is 0 Å². The van der Waals surface area contributed by atoms with Crippen molar-refractivity contribution in [2.24, 2.45) is 5.41 Å². The van der Waals surface area contributed by atoms with E-state index in [1.807, 2.05) is 20.8 Å². The van der Waals surface area contributed by atoms with Gasteiger partial charge >= 0.3 is 5.97 Å². The van der Waals surface area contributed by atoms with Gasteiger partial charge in [0.2, 0.25) is 0 Å². The third-order valence-corrected chi connectivity index (χ3v) is 2.28. The van der Waals surface area contributed by atoms with Crippen molar-refractivity contribution in [1.82, 2.24) is 0 Å². The molecule has 3 heteroatoms. The second-order valence-electron chi connectivity index (χ2n) is 4.67. The van der Waals surface area contributed by atoms with Crippen LogP contribution in [0.1, 0.15) is 26.3 Å². The van der Waals surface area contributed by atoms with Gasteiger partial charge in [-0.1, -0.05) is 39.0 Å². The Morgan fingerprint density at radius 3 is 2.25 bits per heavy atom. The Bertz CT molecular complexity index is 425. The van der Waals surface area contributed by atoms with E-state index in [2.05, 4.69) is 0 Å². The lowest BCUT2D eigenvalue weighted by molar-refractivity contribution is -0.133. The van der Waals surface area contributed by atoms with E-state index in [9.17, 15) is 9.90 Å². The highest BCUT2D eigenvalue weighted by Gasteiger charge is 2.23. The molecule has 0 heterocycles. The fourth-order valence-electron chi connectivity index (χ4n) is 1.36. The van der Waals surface area contributed by atoms with Gasteiger partial charge in [-0.05, 0) is 17.6 Å². The largest absolute Gasteiger partial charge is 0.507 e. The molecule has 0 radical (unpaired) electrons. The average molecular weight is 220 g/mol. The molecule has 0 fully saturated rings. The normalized spacial score (nSPS) is 12.6. The zero-order valence-electron chi connectivity index (χ0n) is 9.69. The number of hydrogen-bond donors (Lipinski definition) is 2. The highest BCUT2D eigenvalue weighted by molar-refractivity contribution is 5.93. The standard InChI is InChI=1S/C13H16O3/c1-13(2,3)10(12(15)16)8-9-6-4-5-7-11(9)14/h4-8,14H,1-3H3,(H,15,16)/b10-8+.